The molecule has 0 aliphatic heterocycles. The van der Waals surface area contributed by atoms with E-state index in [1.807, 2.05) is 0 Å². The van der Waals surface area contributed by atoms with Crippen molar-refractivity contribution in [1.29, 1.82) is 15.8 Å². The summed E-state index contributed by atoms with van der Waals surface area (Å²) < 4.78 is 5.74. The van der Waals surface area contributed by atoms with E-state index in [9.17, 15) is 0 Å². The molecule has 0 aromatic heterocycles. The Morgan fingerprint density at radius 2 is 1.57 bits per heavy atom. The lowest BCUT2D eigenvalue weighted by Gasteiger charge is -2.12. The summed E-state index contributed by atoms with van der Waals surface area (Å²) in [6, 6.07) is 18.8. The molecule has 0 unspecified atom stereocenters. The van der Waals surface area contributed by atoms with Crippen LogP contribution in [0.1, 0.15) is 0 Å². The fourth-order valence-corrected chi connectivity index (χ4v) is 1.83. The Balaban J connectivity index is 2.33. The maximum Gasteiger partial charge on any atom is 0.163 e. The molecule has 0 aliphatic carbocycles. The third kappa shape index (κ3) is 4.02. The number of hydrogen-bond donors (Lipinski definition) is 1. The Bertz CT molecular complexity index is 851. The summed E-state index contributed by atoms with van der Waals surface area (Å²) in [5.41, 5.74) is 0.0259. The molecule has 0 spiro atoms. The van der Waals surface area contributed by atoms with Gasteiger partial charge in [-0.1, -0.05) is 23.7 Å². The van der Waals surface area contributed by atoms with Crippen molar-refractivity contribution in [2.75, 3.05) is 5.32 Å². The van der Waals surface area contributed by atoms with E-state index in [1.54, 1.807) is 66.7 Å². The van der Waals surface area contributed by atoms with Crippen LogP contribution in [0.25, 0.3) is 0 Å². The summed E-state index contributed by atoms with van der Waals surface area (Å²) in [5.74, 6) is 1.00. The quantitative estimate of drug-likeness (QED) is 0.844. The molecule has 0 saturated carbocycles. The molecular formula is C17H9ClN4O. The normalized spacial score (nSPS) is 8.96. The van der Waals surface area contributed by atoms with Crippen molar-refractivity contribution in [1.82, 2.24) is 0 Å². The van der Waals surface area contributed by atoms with Gasteiger partial charge < -0.3 is 10.1 Å². The van der Waals surface area contributed by atoms with E-state index in [0.717, 1.165) is 0 Å². The largest absolute Gasteiger partial charge is 0.455 e. The molecule has 110 valence electrons. The Morgan fingerprint density at radius 1 is 0.913 bits per heavy atom. The highest BCUT2D eigenvalue weighted by Gasteiger charge is 2.10. The van der Waals surface area contributed by atoms with Crippen LogP contribution in [0.15, 0.2) is 59.8 Å². The van der Waals surface area contributed by atoms with Crippen LogP contribution in [0.2, 0.25) is 5.02 Å². The molecule has 0 saturated heterocycles. The molecule has 2 aromatic carbocycles. The number of halogens is 1. The predicted molar refractivity (Wildman–Crippen MR) is 85.5 cm³/mol. The molecule has 0 atom stereocenters. The topological polar surface area (TPSA) is 92.6 Å². The fraction of sp³-hybridized carbons (Fsp3) is 0. The smallest absolute Gasteiger partial charge is 0.163 e. The van der Waals surface area contributed by atoms with E-state index in [2.05, 4.69) is 5.32 Å². The first-order chi connectivity index (χ1) is 11.2. The fourth-order valence-electron chi connectivity index (χ4n) is 1.71. The van der Waals surface area contributed by atoms with Crippen molar-refractivity contribution in [2.45, 2.75) is 0 Å². The molecular weight excluding hydrogens is 312 g/mol. The van der Waals surface area contributed by atoms with Gasteiger partial charge in [0.2, 0.25) is 0 Å². The van der Waals surface area contributed by atoms with E-state index in [-0.39, 0.29) is 11.3 Å². The number of para-hydroxylation sites is 2. The molecule has 5 nitrogen and oxygen atoms in total. The molecule has 0 heterocycles. The first kappa shape index (κ1) is 15.9. The van der Waals surface area contributed by atoms with Gasteiger partial charge in [0, 0.05) is 5.02 Å². The van der Waals surface area contributed by atoms with E-state index < -0.39 is 0 Å². The third-order valence-corrected chi connectivity index (χ3v) is 3.03. The molecule has 0 amide bonds. The molecule has 0 bridgehead atoms. The number of nitriles is 3. The summed E-state index contributed by atoms with van der Waals surface area (Å²) >= 11 is 5.83. The molecule has 1 N–H and O–H groups in total. The van der Waals surface area contributed by atoms with E-state index in [4.69, 9.17) is 32.1 Å². The van der Waals surface area contributed by atoms with Gasteiger partial charge in [-0.15, -0.1) is 0 Å². The van der Waals surface area contributed by atoms with Crippen LogP contribution in [0.4, 0.5) is 5.69 Å². The average Bonchev–Trinajstić information content (AvgIpc) is 2.58. The number of allylic oxidation sites excluding steroid dienone is 2. The van der Waals surface area contributed by atoms with Gasteiger partial charge in [0.25, 0.3) is 0 Å². The summed E-state index contributed by atoms with van der Waals surface area (Å²) in [5, 5.41) is 30.2. The summed E-state index contributed by atoms with van der Waals surface area (Å²) in [7, 11) is 0. The molecule has 0 radical (unpaired) electrons. The maximum atomic E-state index is 9.10. The Labute approximate surface area is 138 Å². The number of nitrogens with one attached hydrogen (secondary N) is 1. The van der Waals surface area contributed by atoms with Crippen LogP contribution in [-0.2, 0) is 0 Å². The minimum absolute atomic E-state index is 0.137. The van der Waals surface area contributed by atoms with Gasteiger partial charge in [0.1, 0.15) is 29.7 Å². The molecule has 0 fully saturated rings. The lowest BCUT2D eigenvalue weighted by Crippen LogP contribution is -2.02. The van der Waals surface area contributed by atoms with Crippen molar-refractivity contribution in [3.63, 3.8) is 0 Å². The summed E-state index contributed by atoms with van der Waals surface area (Å²) in [6.45, 7) is 0. The van der Waals surface area contributed by atoms with Gasteiger partial charge in [0.15, 0.2) is 11.3 Å². The Morgan fingerprint density at radius 3 is 2.17 bits per heavy atom. The van der Waals surface area contributed by atoms with Gasteiger partial charge in [0.05, 0.1) is 5.69 Å². The van der Waals surface area contributed by atoms with Crippen molar-refractivity contribution in [3.8, 4) is 29.7 Å². The second-order valence-corrected chi connectivity index (χ2v) is 4.70. The highest BCUT2D eigenvalue weighted by Crippen LogP contribution is 2.31. The second-order valence-electron chi connectivity index (χ2n) is 4.26. The summed E-state index contributed by atoms with van der Waals surface area (Å²) in [6.07, 6.45) is 0. The van der Waals surface area contributed by atoms with Gasteiger partial charge in [-0.2, -0.15) is 15.8 Å². The number of rotatable bonds is 4. The lowest BCUT2D eigenvalue weighted by molar-refractivity contribution is 0.485. The lowest BCUT2D eigenvalue weighted by atomic mass is 10.2. The third-order valence-electron chi connectivity index (χ3n) is 2.77. The van der Waals surface area contributed by atoms with Gasteiger partial charge in [-0.25, -0.2) is 0 Å². The van der Waals surface area contributed by atoms with Crippen LogP contribution in [-0.4, -0.2) is 0 Å². The van der Waals surface area contributed by atoms with Gasteiger partial charge >= 0.3 is 0 Å². The Kier molecular flexibility index (Phi) is 5.21. The molecule has 2 aromatic rings. The zero-order valence-corrected chi connectivity index (χ0v) is 12.5. The number of ether oxygens (including phenoxy) is 1. The highest BCUT2D eigenvalue weighted by molar-refractivity contribution is 6.30. The highest BCUT2D eigenvalue weighted by atomic mass is 35.5. The van der Waals surface area contributed by atoms with Crippen molar-refractivity contribution in [2.24, 2.45) is 0 Å². The van der Waals surface area contributed by atoms with Gasteiger partial charge in [-0.3, -0.25) is 0 Å². The first-order valence-corrected chi connectivity index (χ1v) is 6.79. The number of benzene rings is 2. The number of hydrogen-bond acceptors (Lipinski definition) is 5. The second kappa shape index (κ2) is 7.52. The minimum atomic E-state index is -0.297. The van der Waals surface area contributed by atoms with Crippen molar-refractivity contribution < 1.29 is 4.74 Å². The predicted octanol–water partition coefficient (Wildman–Crippen LogP) is 4.37. The van der Waals surface area contributed by atoms with Crippen LogP contribution in [0, 0.1) is 34.0 Å². The first-order valence-electron chi connectivity index (χ1n) is 6.42. The van der Waals surface area contributed by atoms with E-state index in [1.165, 1.54) is 0 Å². The Hall–Kier alpha value is -3.46. The van der Waals surface area contributed by atoms with Crippen LogP contribution < -0.4 is 10.1 Å². The average molecular weight is 321 g/mol. The monoisotopic (exact) mass is 320 g/mol. The number of anilines is 1. The summed E-state index contributed by atoms with van der Waals surface area (Å²) in [4.78, 5) is 0. The molecule has 6 heteroatoms. The molecule has 23 heavy (non-hydrogen) atoms. The van der Waals surface area contributed by atoms with Crippen LogP contribution >= 0.6 is 11.6 Å². The maximum absolute atomic E-state index is 9.10. The standard InChI is InChI=1S/C17H9ClN4O/c18-13-5-7-14(8-6-13)23-17-4-2-1-3-15(17)22-16(11-21)12(9-19)10-20/h1-8,22H. The SMILES string of the molecule is N#CC(C#N)=C(C#N)Nc1ccccc1Oc1ccc(Cl)cc1. The molecule has 2 rings (SSSR count). The zero-order valence-electron chi connectivity index (χ0n) is 11.7. The number of nitrogens with zero attached hydrogens (tertiary/aromatic N) is 3. The van der Waals surface area contributed by atoms with Crippen LogP contribution in [0.3, 0.4) is 0 Å². The van der Waals surface area contributed by atoms with Gasteiger partial charge in [-0.05, 0) is 36.4 Å². The van der Waals surface area contributed by atoms with Crippen LogP contribution in [0.5, 0.6) is 11.5 Å². The van der Waals surface area contributed by atoms with Crippen molar-refractivity contribution >= 4 is 17.3 Å². The van der Waals surface area contributed by atoms with E-state index >= 15 is 0 Å². The van der Waals surface area contributed by atoms with Crippen molar-refractivity contribution in [3.05, 3.63) is 64.8 Å². The zero-order chi connectivity index (χ0) is 16.7. The van der Waals surface area contributed by atoms with E-state index in [0.29, 0.717) is 22.2 Å². The molecule has 0 aliphatic rings. The minimum Gasteiger partial charge on any atom is -0.455 e.